The van der Waals surface area contributed by atoms with Crippen LogP contribution in [0.1, 0.15) is 51.9 Å². The second-order valence-corrected chi connectivity index (χ2v) is 5.06. The third-order valence-corrected chi connectivity index (χ3v) is 3.27. The summed E-state index contributed by atoms with van der Waals surface area (Å²) in [6.45, 7) is 3.00. The van der Waals surface area contributed by atoms with E-state index in [1.54, 1.807) is 0 Å². The predicted molar refractivity (Wildman–Crippen MR) is 69.0 cm³/mol. The molecule has 2 amide bonds. The summed E-state index contributed by atoms with van der Waals surface area (Å²) in [5.41, 5.74) is -0.811. The van der Waals surface area contributed by atoms with Crippen molar-refractivity contribution in [3.8, 4) is 0 Å². The Bertz CT molecular complexity index is 286. The molecule has 1 rings (SSSR count). The zero-order valence-corrected chi connectivity index (χ0v) is 11.1. The number of hydrogen-bond donors (Lipinski definition) is 3. The molecule has 0 spiro atoms. The Labute approximate surface area is 108 Å². The highest BCUT2D eigenvalue weighted by Gasteiger charge is 2.33. The monoisotopic (exact) mass is 256 g/mol. The number of carbonyl (C=O) groups is 2. The van der Waals surface area contributed by atoms with E-state index in [9.17, 15) is 14.7 Å². The minimum Gasteiger partial charge on any atom is -0.389 e. The minimum absolute atomic E-state index is 0.0447. The number of nitrogens with one attached hydrogen (secondary N) is 2. The molecule has 0 aromatic carbocycles. The fourth-order valence-electron chi connectivity index (χ4n) is 2.24. The van der Waals surface area contributed by atoms with Gasteiger partial charge in [0, 0.05) is 19.5 Å². The van der Waals surface area contributed by atoms with Crippen molar-refractivity contribution in [3.63, 3.8) is 0 Å². The first kappa shape index (κ1) is 15.0. The number of aliphatic hydroxyl groups is 1. The predicted octanol–water partition coefficient (Wildman–Crippen LogP) is 0.714. The Morgan fingerprint density at radius 1 is 1.11 bits per heavy atom. The molecule has 1 aliphatic carbocycles. The van der Waals surface area contributed by atoms with Crippen LogP contribution in [0, 0.1) is 0 Å². The van der Waals surface area contributed by atoms with E-state index in [1.807, 2.05) is 6.92 Å². The molecule has 0 aromatic rings. The maximum Gasteiger partial charge on any atom is 0.222 e. The van der Waals surface area contributed by atoms with Gasteiger partial charge in [0.2, 0.25) is 11.8 Å². The van der Waals surface area contributed by atoms with Gasteiger partial charge < -0.3 is 15.7 Å². The van der Waals surface area contributed by atoms with Crippen LogP contribution < -0.4 is 10.6 Å². The SMILES string of the molecule is CCCNC(=O)CCNC(=O)CC1(O)CCCC1. The topological polar surface area (TPSA) is 78.4 Å². The molecule has 18 heavy (non-hydrogen) atoms. The van der Waals surface area contributed by atoms with Crippen molar-refractivity contribution in [2.75, 3.05) is 13.1 Å². The summed E-state index contributed by atoms with van der Waals surface area (Å²) in [5, 5.41) is 15.5. The van der Waals surface area contributed by atoms with Gasteiger partial charge in [0.05, 0.1) is 12.0 Å². The van der Waals surface area contributed by atoms with Gasteiger partial charge in [-0.15, -0.1) is 0 Å². The average molecular weight is 256 g/mol. The largest absolute Gasteiger partial charge is 0.389 e. The third-order valence-electron chi connectivity index (χ3n) is 3.27. The zero-order valence-electron chi connectivity index (χ0n) is 11.1. The molecule has 1 fully saturated rings. The molecule has 1 aliphatic rings. The summed E-state index contributed by atoms with van der Waals surface area (Å²) < 4.78 is 0. The Morgan fingerprint density at radius 3 is 2.33 bits per heavy atom. The molecule has 0 radical (unpaired) electrons. The molecule has 0 aromatic heterocycles. The van der Waals surface area contributed by atoms with E-state index >= 15 is 0 Å². The fourth-order valence-corrected chi connectivity index (χ4v) is 2.24. The third kappa shape index (κ3) is 5.49. The Balaban J connectivity index is 2.11. The van der Waals surface area contributed by atoms with Crippen LogP contribution >= 0.6 is 0 Å². The molecule has 0 bridgehead atoms. The van der Waals surface area contributed by atoms with Gasteiger partial charge in [-0.05, 0) is 19.3 Å². The standard InChI is InChI=1S/C13H24N2O3/c1-2-8-14-11(16)5-9-15-12(17)10-13(18)6-3-4-7-13/h18H,2-10H2,1H3,(H,14,16)(H,15,17). The summed E-state index contributed by atoms with van der Waals surface area (Å²) in [7, 11) is 0. The van der Waals surface area contributed by atoms with Crippen molar-refractivity contribution in [3.05, 3.63) is 0 Å². The highest BCUT2D eigenvalue weighted by molar-refractivity contribution is 5.79. The molecule has 5 nitrogen and oxygen atoms in total. The smallest absolute Gasteiger partial charge is 0.222 e. The van der Waals surface area contributed by atoms with Crippen LogP contribution in [0.15, 0.2) is 0 Å². The lowest BCUT2D eigenvalue weighted by atomic mass is 9.98. The lowest BCUT2D eigenvalue weighted by Gasteiger charge is -2.21. The molecule has 0 heterocycles. The van der Waals surface area contributed by atoms with Crippen molar-refractivity contribution in [1.82, 2.24) is 10.6 Å². The van der Waals surface area contributed by atoms with Crippen molar-refractivity contribution in [2.24, 2.45) is 0 Å². The van der Waals surface area contributed by atoms with Gasteiger partial charge in [-0.1, -0.05) is 19.8 Å². The van der Waals surface area contributed by atoms with Crippen LogP contribution in [0.3, 0.4) is 0 Å². The van der Waals surface area contributed by atoms with Crippen molar-refractivity contribution in [2.45, 2.75) is 57.5 Å². The second kappa shape index (κ2) is 7.36. The number of carbonyl (C=O) groups excluding carboxylic acids is 2. The van der Waals surface area contributed by atoms with Gasteiger partial charge in [-0.2, -0.15) is 0 Å². The Hall–Kier alpha value is -1.10. The van der Waals surface area contributed by atoms with Gasteiger partial charge in [-0.25, -0.2) is 0 Å². The maximum absolute atomic E-state index is 11.6. The average Bonchev–Trinajstić information content (AvgIpc) is 2.72. The van der Waals surface area contributed by atoms with Crippen molar-refractivity contribution in [1.29, 1.82) is 0 Å². The van der Waals surface area contributed by atoms with E-state index in [0.717, 1.165) is 19.3 Å². The molecule has 5 heteroatoms. The van der Waals surface area contributed by atoms with E-state index < -0.39 is 5.60 Å². The number of rotatable bonds is 7. The van der Waals surface area contributed by atoms with E-state index in [1.165, 1.54) is 0 Å². The highest BCUT2D eigenvalue weighted by atomic mass is 16.3. The molecular formula is C13H24N2O3. The lowest BCUT2D eigenvalue weighted by Crippen LogP contribution is -2.36. The summed E-state index contributed by atoms with van der Waals surface area (Å²) in [6.07, 6.45) is 4.75. The summed E-state index contributed by atoms with van der Waals surface area (Å²) in [6, 6.07) is 0. The number of amides is 2. The van der Waals surface area contributed by atoms with Crippen LogP contribution in [0.25, 0.3) is 0 Å². The maximum atomic E-state index is 11.6. The van der Waals surface area contributed by atoms with E-state index in [-0.39, 0.29) is 18.2 Å². The van der Waals surface area contributed by atoms with Gasteiger partial charge in [-0.3, -0.25) is 9.59 Å². The molecule has 0 unspecified atom stereocenters. The van der Waals surface area contributed by atoms with E-state index in [2.05, 4.69) is 10.6 Å². The molecule has 104 valence electrons. The second-order valence-electron chi connectivity index (χ2n) is 5.06. The Kier molecular flexibility index (Phi) is 6.12. The first-order chi connectivity index (χ1) is 8.56. The molecule has 0 aliphatic heterocycles. The van der Waals surface area contributed by atoms with Crippen LogP contribution in [0.5, 0.6) is 0 Å². The first-order valence-corrected chi connectivity index (χ1v) is 6.81. The van der Waals surface area contributed by atoms with Gasteiger partial charge in [0.15, 0.2) is 0 Å². The molecule has 3 N–H and O–H groups in total. The van der Waals surface area contributed by atoms with Crippen LogP contribution in [0.2, 0.25) is 0 Å². The lowest BCUT2D eigenvalue weighted by molar-refractivity contribution is -0.126. The highest BCUT2D eigenvalue weighted by Crippen LogP contribution is 2.32. The first-order valence-electron chi connectivity index (χ1n) is 6.81. The molecular weight excluding hydrogens is 232 g/mol. The van der Waals surface area contributed by atoms with Gasteiger partial charge in [0.25, 0.3) is 0 Å². The Morgan fingerprint density at radius 2 is 1.72 bits per heavy atom. The molecule has 1 saturated carbocycles. The fraction of sp³-hybridized carbons (Fsp3) is 0.846. The van der Waals surface area contributed by atoms with Crippen LogP contribution in [-0.2, 0) is 9.59 Å². The summed E-state index contributed by atoms with van der Waals surface area (Å²) in [5.74, 6) is -0.209. The van der Waals surface area contributed by atoms with Crippen LogP contribution in [0.4, 0.5) is 0 Å². The van der Waals surface area contributed by atoms with Crippen LogP contribution in [-0.4, -0.2) is 35.6 Å². The zero-order chi connectivity index (χ0) is 13.4. The van der Waals surface area contributed by atoms with Crippen molar-refractivity contribution < 1.29 is 14.7 Å². The quantitative estimate of drug-likeness (QED) is 0.628. The van der Waals surface area contributed by atoms with Crippen molar-refractivity contribution >= 4 is 11.8 Å². The normalized spacial score (nSPS) is 17.4. The molecule has 0 saturated heterocycles. The van der Waals surface area contributed by atoms with Gasteiger partial charge in [0.1, 0.15) is 0 Å². The van der Waals surface area contributed by atoms with Gasteiger partial charge >= 0.3 is 0 Å². The molecule has 0 atom stereocenters. The summed E-state index contributed by atoms with van der Waals surface area (Å²) in [4.78, 5) is 22.9. The number of hydrogen-bond acceptors (Lipinski definition) is 3. The van der Waals surface area contributed by atoms with E-state index in [4.69, 9.17) is 0 Å². The van der Waals surface area contributed by atoms with E-state index in [0.29, 0.717) is 32.4 Å². The minimum atomic E-state index is -0.811. The summed E-state index contributed by atoms with van der Waals surface area (Å²) >= 11 is 0.